The first-order valence-corrected chi connectivity index (χ1v) is 27.9. The van der Waals surface area contributed by atoms with Crippen molar-refractivity contribution in [3.8, 4) is 11.5 Å². The summed E-state index contributed by atoms with van der Waals surface area (Å²) in [6.07, 6.45) is 1.93. The Hall–Kier alpha value is -6.35. The first-order chi connectivity index (χ1) is 37.3. The van der Waals surface area contributed by atoms with Crippen molar-refractivity contribution in [2.75, 3.05) is 46.9 Å². The highest BCUT2D eigenvalue weighted by Crippen LogP contribution is 2.43. The van der Waals surface area contributed by atoms with E-state index >= 15 is 0 Å². The Morgan fingerprint density at radius 2 is 0.975 bits per heavy atom. The van der Waals surface area contributed by atoms with Crippen molar-refractivity contribution in [2.45, 2.75) is 183 Å². The predicted molar refractivity (Wildman–Crippen MR) is 295 cm³/mol. The van der Waals surface area contributed by atoms with E-state index in [4.69, 9.17) is 18.9 Å². The summed E-state index contributed by atoms with van der Waals surface area (Å²) in [4.78, 5) is 99.8. The van der Waals surface area contributed by atoms with E-state index in [0.717, 1.165) is 43.5 Å². The quantitative estimate of drug-likeness (QED) is 0.173. The van der Waals surface area contributed by atoms with E-state index in [0.29, 0.717) is 32.0 Å². The van der Waals surface area contributed by atoms with Crippen LogP contribution < -0.4 is 20.1 Å². The van der Waals surface area contributed by atoms with Crippen LogP contribution in [-0.2, 0) is 33.4 Å². The number of nitrogens with one attached hydrogen (secondary N) is 2. The molecule has 22 heteroatoms. The summed E-state index contributed by atoms with van der Waals surface area (Å²) in [7, 11) is 2.96. The zero-order valence-corrected chi connectivity index (χ0v) is 50.3. The normalized spacial score (nSPS) is 22.2. The first-order valence-electron chi connectivity index (χ1n) is 27.9. The second kappa shape index (κ2) is 25.8. The third kappa shape index (κ3) is 16.7. The van der Waals surface area contributed by atoms with Crippen LogP contribution in [0.3, 0.4) is 0 Å². The molecule has 7 amide bonds. The molecule has 6 rings (SSSR count). The maximum atomic E-state index is 14.1. The summed E-state index contributed by atoms with van der Waals surface area (Å²) in [5, 5.41) is 5.77. The molecule has 0 bridgehead atoms. The Labute approximate surface area is 475 Å². The molecule has 3 aliphatic heterocycles. The fourth-order valence-electron chi connectivity index (χ4n) is 10.9. The molecule has 452 valence electrons. The Bertz CT molecular complexity index is 2620. The number of fused-ring (bicyclic) bond motifs is 2. The lowest BCUT2D eigenvalue weighted by Crippen LogP contribution is -2.60. The summed E-state index contributed by atoms with van der Waals surface area (Å²) >= 11 is 0. The van der Waals surface area contributed by atoms with Gasteiger partial charge in [0.2, 0.25) is 29.5 Å². The molecule has 0 radical (unpaired) electrons. The molecule has 81 heavy (non-hydrogen) atoms. The number of ether oxygens (including phenoxy) is 4. The number of rotatable bonds is 14. The minimum Gasteiger partial charge on any atom is -0.493 e. The number of benzene rings is 2. The lowest BCUT2D eigenvalue weighted by atomic mass is 9.85. The summed E-state index contributed by atoms with van der Waals surface area (Å²) in [6.45, 7) is 27.9. The van der Waals surface area contributed by atoms with Gasteiger partial charge in [-0.2, -0.15) is 0 Å². The largest absolute Gasteiger partial charge is 0.493 e. The van der Waals surface area contributed by atoms with Gasteiger partial charge in [-0.15, -0.1) is 0 Å². The van der Waals surface area contributed by atoms with Crippen LogP contribution in [0, 0.1) is 51.9 Å². The van der Waals surface area contributed by atoms with Gasteiger partial charge in [0.15, 0.2) is 23.3 Å². The number of halogens is 4. The van der Waals surface area contributed by atoms with Gasteiger partial charge < -0.3 is 44.3 Å². The summed E-state index contributed by atoms with van der Waals surface area (Å²) in [6, 6.07) is 2.51. The molecule has 2 aromatic rings. The number of likely N-dealkylation sites (N-methyl/N-ethyl adjacent to an activating group) is 2. The summed E-state index contributed by atoms with van der Waals surface area (Å²) < 4.78 is 76.4. The van der Waals surface area contributed by atoms with Gasteiger partial charge in [0, 0.05) is 70.7 Å². The number of hydrogen-bond donors (Lipinski definition) is 2. The van der Waals surface area contributed by atoms with Crippen molar-refractivity contribution in [3.63, 3.8) is 0 Å². The maximum absolute atomic E-state index is 14.1. The van der Waals surface area contributed by atoms with Crippen LogP contribution in [0.25, 0.3) is 0 Å². The third-order valence-electron chi connectivity index (χ3n) is 15.5. The molecule has 1 aliphatic carbocycles. The number of carbonyl (C=O) groups is 7. The minimum atomic E-state index is -1.03. The van der Waals surface area contributed by atoms with Crippen LogP contribution in [0.2, 0.25) is 0 Å². The zero-order chi connectivity index (χ0) is 61.0. The molecule has 3 saturated heterocycles. The molecule has 1 saturated carbocycles. The predicted octanol–water partition coefficient (Wildman–Crippen LogP) is 8.33. The van der Waals surface area contributed by atoms with Gasteiger partial charge in [0.25, 0.3) is 0 Å². The van der Waals surface area contributed by atoms with Crippen LogP contribution in [0.4, 0.5) is 27.2 Å². The van der Waals surface area contributed by atoms with Gasteiger partial charge in [-0.05, 0) is 122 Å². The SMILES string of the molecule is CC(=O)N1C[C@H](COc2ccc(F)c(F)c2)[C@@H]2[C@H]1CCN2C(=O)[C@@H](NC(=O)[C@H](C)N(C)C(=O)OC(C)(C)C)C(C)(C)C.C[C@@H](C(=O)N[C@H](C(=O)N1CC[C@H]2CC[C@H](COc3ccc(F)c(F)c3)[C@H]21)C(C)(C)C)N(C)C(=O)OC(C)(C)C. The highest BCUT2D eigenvalue weighted by molar-refractivity contribution is 5.93. The van der Waals surface area contributed by atoms with E-state index < -0.39 is 99.5 Å². The average Bonchev–Trinajstić information content (AvgIpc) is 4.22. The number of likely N-dealkylation sites (tertiary alicyclic amines) is 3. The fraction of sp³-hybridized carbons (Fsp3) is 0.678. The maximum Gasteiger partial charge on any atom is 0.410 e. The van der Waals surface area contributed by atoms with Gasteiger partial charge in [0.1, 0.15) is 46.9 Å². The Morgan fingerprint density at radius 3 is 1.37 bits per heavy atom. The van der Waals surface area contributed by atoms with E-state index in [-0.39, 0.29) is 66.4 Å². The molecule has 0 spiro atoms. The van der Waals surface area contributed by atoms with E-state index in [9.17, 15) is 51.1 Å². The van der Waals surface area contributed by atoms with Crippen LogP contribution in [-0.4, -0.2) is 167 Å². The molecular weight excluding hydrogens is 1060 g/mol. The van der Waals surface area contributed by atoms with Gasteiger partial charge >= 0.3 is 12.2 Å². The highest BCUT2D eigenvalue weighted by atomic mass is 19.2. The molecule has 2 N–H and O–H groups in total. The average molecular weight is 1150 g/mol. The summed E-state index contributed by atoms with van der Waals surface area (Å²) in [5.41, 5.74) is -2.72. The Balaban J connectivity index is 0.000000298. The lowest BCUT2D eigenvalue weighted by molar-refractivity contribution is -0.142. The Morgan fingerprint density at radius 1 is 0.568 bits per heavy atom. The van der Waals surface area contributed by atoms with E-state index in [1.165, 1.54) is 43.0 Å². The lowest BCUT2D eigenvalue weighted by Gasteiger charge is -2.38. The van der Waals surface area contributed by atoms with E-state index in [2.05, 4.69) is 10.6 Å². The van der Waals surface area contributed by atoms with Crippen LogP contribution >= 0.6 is 0 Å². The summed E-state index contributed by atoms with van der Waals surface area (Å²) in [5.74, 6) is -5.04. The topological polar surface area (TPSA) is 197 Å². The number of nitrogens with zero attached hydrogens (tertiary/aromatic N) is 5. The molecule has 18 nitrogen and oxygen atoms in total. The van der Waals surface area contributed by atoms with Gasteiger partial charge in [0.05, 0.1) is 25.3 Å². The highest BCUT2D eigenvalue weighted by Gasteiger charge is 2.54. The molecule has 10 atom stereocenters. The monoisotopic (exact) mass is 1150 g/mol. The number of hydrogen-bond acceptors (Lipinski definition) is 11. The molecular formula is C59H87F4N7O11. The standard InChI is InChI=1S/C30H44F2N4O6.C29H43F2N3O5/c1-17(34(9)28(40)42-30(6,7)8)26(38)33-25(29(3,4)5)27(39)35-13-12-23-24(35)19(15-36(23)18(2)37)16-41-20-10-11-21(31)22(32)14-20;1-17(33(8)27(37)39-29(5,6)7)25(35)32-24(28(2,3)4)26(36)34-14-13-18-9-10-19(23(18)34)16-38-20-11-12-21(30)22(31)15-20/h10-11,14,17,19,23-25H,12-13,15-16H2,1-9H3,(H,33,38);11-12,15,17-19,23-24H,9-10,13-14,16H2,1-8H3,(H,32,35)/t17-,19+,23+,24+,25+;17-,18+,19+,23-,24+/m00/s1. The van der Waals surface area contributed by atoms with E-state index in [1.54, 1.807) is 65.2 Å². The van der Waals surface area contributed by atoms with Crippen molar-refractivity contribution in [1.82, 2.24) is 35.1 Å². The van der Waals surface area contributed by atoms with Gasteiger partial charge in [-0.25, -0.2) is 27.2 Å². The molecule has 4 aliphatic rings. The molecule has 0 aromatic heterocycles. The van der Waals surface area contributed by atoms with Crippen molar-refractivity contribution in [1.29, 1.82) is 0 Å². The molecule has 3 heterocycles. The molecule has 2 aromatic carbocycles. The van der Waals surface area contributed by atoms with Crippen molar-refractivity contribution in [2.24, 2.45) is 28.6 Å². The molecule has 4 fully saturated rings. The van der Waals surface area contributed by atoms with E-state index in [1.807, 2.05) is 46.4 Å². The smallest absolute Gasteiger partial charge is 0.410 e. The second-order valence-electron chi connectivity index (χ2n) is 26.1. The number of carbonyl (C=O) groups excluding carboxylic acids is 7. The number of amides is 7. The fourth-order valence-corrected chi connectivity index (χ4v) is 10.9. The van der Waals surface area contributed by atoms with Gasteiger partial charge in [-0.3, -0.25) is 33.8 Å². The second-order valence-corrected chi connectivity index (χ2v) is 26.1. The third-order valence-corrected chi connectivity index (χ3v) is 15.5. The van der Waals surface area contributed by atoms with Crippen LogP contribution in [0.5, 0.6) is 11.5 Å². The van der Waals surface area contributed by atoms with Crippen LogP contribution in [0.15, 0.2) is 36.4 Å². The Kier molecular flexibility index (Phi) is 20.9. The van der Waals surface area contributed by atoms with Gasteiger partial charge in [-0.1, -0.05) is 41.5 Å². The van der Waals surface area contributed by atoms with Crippen molar-refractivity contribution >= 4 is 41.7 Å². The first kappa shape index (κ1) is 65.5. The minimum absolute atomic E-state index is 0.0307. The molecule has 0 unspecified atom stereocenters. The van der Waals surface area contributed by atoms with Crippen molar-refractivity contribution in [3.05, 3.63) is 59.7 Å². The van der Waals surface area contributed by atoms with Crippen LogP contribution in [0.1, 0.15) is 130 Å². The zero-order valence-electron chi connectivity index (χ0n) is 50.3. The van der Waals surface area contributed by atoms with Crippen molar-refractivity contribution < 1.29 is 70.1 Å².